The number of hydrogen-bond acceptors (Lipinski definition) is 2. The van der Waals surface area contributed by atoms with Gasteiger partial charge in [0, 0.05) is 6.04 Å². The summed E-state index contributed by atoms with van der Waals surface area (Å²) >= 11 is 0. The van der Waals surface area contributed by atoms with Crippen molar-refractivity contribution in [1.29, 1.82) is 0 Å². The van der Waals surface area contributed by atoms with Gasteiger partial charge >= 0.3 is 0 Å². The van der Waals surface area contributed by atoms with Crippen LogP contribution in [0.25, 0.3) is 0 Å². The van der Waals surface area contributed by atoms with Crippen molar-refractivity contribution >= 4 is 0 Å². The lowest BCUT2D eigenvalue weighted by atomic mass is 9.82. The second kappa shape index (κ2) is 4.83. The van der Waals surface area contributed by atoms with Crippen LogP contribution in [0.5, 0.6) is 0 Å². The smallest absolute Gasteiger partial charge is 0.0719 e. The van der Waals surface area contributed by atoms with Crippen molar-refractivity contribution in [2.24, 2.45) is 11.7 Å². The van der Waals surface area contributed by atoms with Crippen molar-refractivity contribution in [3.8, 4) is 0 Å². The van der Waals surface area contributed by atoms with Crippen LogP contribution in [0.3, 0.4) is 0 Å². The van der Waals surface area contributed by atoms with Crippen molar-refractivity contribution in [1.82, 2.24) is 0 Å². The van der Waals surface area contributed by atoms with E-state index in [4.69, 9.17) is 5.73 Å². The SMILES string of the molecule is CC[C@@H](N)[C@@H](O)C1CCCCC1. The molecule has 12 heavy (non-hydrogen) atoms. The molecule has 3 N–H and O–H groups in total. The van der Waals surface area contributed by atoms with E-state index >= 15 is 0 Å². The molecule has 1 fully saturated rings. The highest BCUT2D eigenvalue weighted by Gasteiger charge is 2.25. The zero-order valence-electron chi connectivity index (χ0n) is 8.00. The third-order valence-corrected chi connectivity index (χ3v) is 3.04. The molecule has 0 amide bonds. The fourth-order valence-electron chi connectivity index (χ4n) is 2.07. The summed E-state index contributed by atoms with van der Waals surface area (Å²) in [5.41, 5.74) is 5.80. The van der Waals surface area contributed by atoms with Crippen LogP contribution in [0.15, 0.2) is 0 Å². The summed E-state index contributed by atoms with van der Waals surface area (Å²) < 4.78 is 0. The molecule has 0 radical (unpaired) electrons. The number of aliphatic hydroxyl groups excluding tert-OH is 1. The Labute approximate surface area is 75.2 Å². The number of nitrogens with two attached hydrogens (primary N) is 1. The lowest BCUT2D eigenvalue weighted by Crippen LogP contribution is -2.40. The van der Waals surface area contributed by atoms with E-state index < -0.39 is 0 Å². The maximum absolute atomic E-state index is 9.82. The fourth-order valence-corrected chi connectivity index (χ4v) is 2.07. The molecular formula is C10H21NO. The highest BCUT2D eigenvalue weighted by Crippen LogP contribution is 2.27. The minimum absolute atomic E-state index is 0.00639. The quantitative estimate of drug-likeness (QED) is 0.678. The molecule has 1 rings (SSSR count). The first-order valence-corrected chi connectivity index (χ1v) is 5.19. The lowest BCUT2D eigenvalue weighted by molar-refractivity contribution is 0.0609. The highest BCUT2D eigenvalue weighted by atomic mass is 16.3. The van der Waals surface area contributed by atoms with Gasteiger partial charge in [-0.15, -0.1) is 0 Å². The van der Waals surface area contributed by atoms with Gasteiger partial charge in [0.15, 0.2) is 0 Å². The van der Waals surface area contributed by atoms with Crippen LogP contribution in [-0.2, 0) is 0 Å². The lowest BCUT2D eigenvalue weighted by Gasteiger charge is -2.29. The Balaban J connectivity index is 2.33. The van der Waals surface area contributed by atoms with Crippen molar-refractivity contribution in [2.75, 3.05) is 0 Å². The molecule has 1 aliphatic rings. The van der Waals surface area contributed by atoms with Gasteiger partial charge in [0.25, 0.3) is 0 Å². The first-order valence-electron chi connectivity index (χ1n) is 5.19. The maximum Gasteiger partial charge on any atom is 0.0719 e. The Hall–Kier alpha value is -0.0800. The van der Waals surface area contributed by atoms with Gasteiger partial charge in [-0.05, 0) is 25.2 Å². The molecule has 2 nitrogen and oxygen atoms in total. The van der Waals surface area contributed by atoms with E-state index in [0.717, 1.165) is 6.42 Å². The average molecular weight is 171 g/mol. The third-order valence-electron chi connectivity index (χ3n) is 3.04. The van der Waals surface area contributed by atoms with Crippen molar-refractivity contribution in [2.45, 2.75) is 57.6 Å². The van der Waals surface area contributed by atoms with Gasteiger partial charge in [-0.2, -0.15) is 0 Å². The topological polar surface area (TPSA) is 46.2 Å². The first-order chi connectivity index (χ1) is 5.75. The molecule has 1 aliphatic carbocycles. The van der Waals surface area contributed by atoms with Gasteiger partial charge in [0.1, 0.15) is 0 Å². The van der Waals surface area contributed by atoms with Crippen LogP contribution in [-0.4, -0.2) is 17.3 Å². The van der Waals surface area contributed by atoms with E-state index in [2.05, 4.69) is 0 Å². The molecule has 0 heterocycles. The van der Waals surface area contributed by atoms with Crippen LogP contribution >= 0.6 is 0 Å². The van der Waals surface area contributed by atoms with Crippen molar-refractivity contribution in [3.63, 3.8) is 0 Å². The molecule has 0 aromatic rings. The molecule has 1 saturated carbocycles. The number of aliphatic hydroxyl groups is 1. The molecule has 0 saturated heterocycles. The summed E-state index contributed by atoms with van der Waals surface area (Å²) in [6.45, 7) is 2.04. The molecule has 0 bridgehead atoms. The minimum Gasteiger partial charge on any atom is -0.391 e. The van der Waals surface area contributed by atoms with Gasteiger partial charge in [0.2, 0.25) is 0 Å². The molecule has 0 aromatic heterocycles. The molecule has 0 unspecified atom stereocenters. The number of rotatable bonds is 3. The highest BCUT2D eigenvalue weighted by molar-refractivity contribution is 4.80. The first kappa shape index (κ1) is 10.0. The van der Waals surface area contributed by atoms with Gasteiger partial charge in [-0.25, -0.2) is 0 Å². The van der Waals surface area contributed by atoms with E-state index in [-0.39, 0.29) is 12.1 Å². The molecular weight excluding hydrogens is 150 g/mol. The predicted molar refractivity (Wildman–Crippen MR) is 50.8 cm³/mol. The molecule has 72 valence electrons. The second-order valence-electron chi connectivity index (χ2n) is 3.96. The summed E-state index contributed by atoms with van der Waals surface area (Å²) in [4.78, 5) is 0. The van der Waals surface area contributed by atoms with Crippen LogP contribution in [0.4, 0.5) is 0 Å². The minimum atomic E-state index is -0.254. The Morgan fingerprint density at radius 3 is 2.42 bits per heavy atom. The van der Waals surface area contributed by atoms with Crippen molar-refractivity contribution in [3.05, 3.63) is 0 Å². The van der Waals surface area contributed by atoms with Gasteiger partial charge < -0.3 is 10.8 Å². The fraction of sp³-hybridized carbons (Fsp3) is 1.00. The Bertz CT molecular complexity index is 121. The van der Waals surface area contributed by atoms with Crippen LogP contribution in [0.2, 0.25) is 0 Å². The maximum atomic E-state index is 9.82. The van der Waals surface area contributed by atoms with E-state index in [9.17, 15) is 5.11 Å². The summed E-state index contributed by atoms with van der Waals surface area (Å²) in [5, 5.41) is 9.82. The standard InChI is InChI=1S/C10H21NO/c1-2-9(11)10(12)8-6-4-3-5-7-8/h8-10,12H,2-7,11H2,1H3/t9-,10+/m1/s1. The largest absolute Gasteiger partial charge is 0.391 e. The monoisotopic (exact) mass is 171 g/mol. The van der Waals surface area contributed by atoms with Crippen LogP contribution in [0.1, 0.15) is 45.4 Å². The molecule has 0 aromatic carbocycles. The van der Waals surface area contributed by atoms with Crippen molar-refractivity contribution < 1.29 is 5.11 Å². The zero-order valence-corrected chi connectivity index (χ0v) is 8.00. The summed E-state index contributed by atoms with van der Waals surface area (Å²) in [5.74, 6) is 0.480. The normalized spacial score (nSPS) is 25.2. The molecule has 0 aliphatic heterocycles. The van der Waals surface area contributed by atoms with Gasteiger partial charge in [0.05, 0.1) is 6.10 Å². The number of hydrogen-bond donors (Lipinski definition) is 2. The molecule has 2 atom stereocenters. The average Bonchev–Trinajstić information content (AvgIpc) is 2.17. The Morgan fingerprint density at radius 1 is 1.33 bits per heavy atom. The van der Waals surface area contributed by atoms with E-state index in [1.165, 1.54) is 32.1 Å². The molecule has 2 heteroatoms. The van der Waals surface area contributed by atoms with Gasteiger partial charge in [-0.1, -0.05) is 26.2 Å². The van der Waals surface area contributed by atoms with E-state index in [1.54, 1.807) is 0 Å². The zero-order chi connectivity index (χ0) is 8.97. The van der Waals surface area contributed by atoms with Crippen LogP contribution in [0, 0.1) is 5.92 Å². The summed E-state index contributed by atoms with van der Waals surface area (Å²) in [6.07, 6.45) is 6.87. The molecule has 0 spiro atoms. The van der Waals surface area contributed by atoms with Gasteiger partial charge in [-0.3, -0.25) is 0 Å². The second-order valence-corrected chi connectivity index (χ2v) is 3.96. The van der Waals surface area contributed by atoms with E-state index in [0.29, 0.717) is 5.92 Å². The summed E-state index contributed by atoms with van der Waals surface area (Å²) in [7, 11) is 0. The van der Waals surface area contributed by atoms with E-state index in [1.807, 2.05) is 6.92 Å². The third kappa shape index (κ3) is 2.46. The van der Waals surface area contributed by atoms with Crippen LogP contribution < -0.4 is 5.73 Å². The Morgan fingerprint density at radius 2 is 1.92 bits per heavy atom. The summed E-state index contributed by atoms with van der Waals surface area (Å²) in [6, 6.07) is -0.00639. The Kier molecular flexibility index (Phi) is 4.02. The predicted octanol–water partition coefficient (Wildman–Crippen LogP) is 1.66.